The van der Waals surface area contributed by atoms with E-state index in [1.165, 1.54) is 33.0 Å². The van der Waals surface area contributed by atoms with Crippen molar-refractivity contribution in [3.8, 4) is 11.1 Å². The van der Waals surface area contributed by atoms with E-state index in [4.69, 9.17) is 4.74 Å². The Morgan fingerprint density at radius 1 is 0.750 bits per heavy atom. The zero-order valence-electron chi connectivity index (χ0n) is 16.1. The second-order valence-electron chi connectivity index (χ2n) is 6.93. The van der Waals surface area contributed by atoms with Crippen molar-refractivity contribution < 1.29 is 4.74 Å². The van der Waals surface area contributed by atoms with Gasteiger partial charge in [0.1, 0.15) is 0 Å². The fourth-order valence-corrected chi connectivity index (χ4v) is 3.62. The summed E-state index contributed by atoms with van der Waals surface area (Å²) in [6, 6.07) is 34.1. The first kappa shape index (κ1) is 18.2. The highest BCUT2D eigenvalue weighted by Gasteiger charge is 2.09. The van der Waals surface area contributed by atoms with E-state index in [9.17, 15) is 0 Å². The number of fused-ring (bicyclic) bond motifs is 1. The SMILES string of the molecule is COC(C/C=C/c1cc2ccccc2cc1-c1ccccc1)c1ccccc1. The summed E-state index contributed by atoms with van der Waals surface area (Å²) in [4.78, 5) is 0. The van der Waals surface area contributed by atoms with Gasteiger partial charge in [0.05, 0.1) is 6.10 Å². The highest BCUT2D eigenvalue weighted by atomic mass is 16.5. The summed E-state index contributed by atoms with van der Waals surface area (Å²) in [5.74, 6) is 0. The molecule has 1 atom stereocenters. The molecule has 0 saturated carbocycles. The van der Waals surface area contributed by atoms with Crippen LogP contribution in [-0.2, 0) is 4.74 Å². The molecule has 0 saturated heterocycles. The Morgan fingerprint density at radius 2 is 1.36 bits per heavy atom. The van der Waals surface area contributed by atoms with Crippen LogP contribution >= 0.6 is 0 Å². The van der Waals surface area contributed by atoms with Crippen LogP contribution in [0.2, 0.25) is 0 Å². The van der Waals surface area contributed by atoms with Gasteiger partial charge in [0.25, 0.3) is 0 Å². The molecule has 138 valence electrons. The van der Waals surface area contributed by atoms with Gasteiger partial charge < -0.3 is 4.74 Å². The van der Waals surface area contributed by atoms with Crippen molar-refractivity contribution in [2.24, 2.45) is 0 Å². The number of hydrogen-bond acceptors (Lipinski definition) is 1. The number of methoxy groups -OCH3 is 1. The summed E-state index contributed by atoms with van der Waals surface area (Å²) >= 11 is 0. The van der Waals surface area contributed by atoms with Gasteiger partial charge in [-0.2, -0.15) is 0 Å². The number of ether oxygens (including phenoxy) is 1. The summed E-state index contributed by atoms with van der Waals surface area (Å²) in [6.45, 7) is 0. The Labute approximate surface area is 166 Å². The normalized spacial score (nSPS) is 12.5. The Kier molecular flexibility index (Phi) is 5.65. The van der Waals surface area contributed by atoms with E-state index in [0.717, 1.165) is 6.42 Å². The van der Waals surface area contributed by atoms with Crippen LogP contribution < -0.4 is 0 Å². The van der Waals surface area contributed by atoms with Gasteiger partial charge >= 0.3 is 0 Å². The van der Waals surface area contributed by atoms with Crippen molar-refractivity contribution in [3.63, 3.8) is 0 Å². The topological polar surface area (TPSA) is 9.23 Å². The maximum atomic E-state index is 5.71. The van der Waals surface area contributed by atoms with Crippen molar-refractivity contribution in [2.45, 2.75) is 12.5 Å². The van der Waals surface area contributed by atoms with Gasteiger partial charge in [-0.3, -0.25) is 0 Å². The lowest BCUT2D eigenvalue weighted by molar-refractivity contribution is 0.106. The number of rotatable bonds is 6. The number of hydrogen-bond donors (Lipinski definition) is 0. The van der Waals surface area contributed by atoms with Crippen LogP contribution in [-0.4, -0.2) is 7.11 Å². The van der Waals surface area contributed by atoms with Crippen LogP contribution in [0.25, 0.3) is 28.0 Å². The molecule has 1 unspecified atom stereocenters. The Bertz CT molecular complexity index is 1070. The third kappa shape index (κ3) is 4.05. The summed E-state index contributed by atoms with van der Waals surface area (Å²) in [7, 11) is 1.77. The molecule has 0 aromatic heterocycles. The molecule has 0 N–H and O–H groups in total. The first-order chi connectivity index (χ1) is 13.8. The lowest BCUT2D eigenvalue weighted by Crippen LogP contribution is -1.99. The Hall–Kier alpha value is -3.16. The van der Waals surface area contributed by atoms with E-state index >= 15 is 0 Å². The van der Waals surface area contributed by atoms with Crippen LogP contribution in [0.3, 0.4) is 0 Å². The quantitative estimate of drug-likeness (QED) is 0.349. The minimum atomic E-state index is 0.0677. The molecule has 28 heavy (non-hydrogen) atoms. The van der Waals surface area contributed by atoms with Crippen molar-refractivity contribution >= 4 is 16.8 Å². The zero-order valence-corrected chi connectivity index (χ0v) is 16.1. The van der Waals surface area contributed by atoms with Crippen molar-refractivity contribution in [1.82, 2.24) is 0 Å². The van der Waals surface area contributed by atoms with Gasteiger partial charge in [0.15, 0.2) is 0 Å². The van der Waals surface area contributed by atoms with Gasteiger partial charge in [-0.1, -0.05) is 97.1 Å². The van der Waals surface area contributed by atoms with E-state index in [0.29, 0.717) is 0 Å². The molecular formula is C27H24O. The zero-order chi connectivity index (χ0) is 19.2. The fraction of sp³-hybridized carbons (Fsp3) is 0.111. The largest absolute Gasteiger partial charge is 0.376 e. The highest BCUT2D eigenvalue weighted by Crippen LogP contribution is 2.30. The van der Waals surface area contributed by atoms with Gasteiger partial charge in [0.2, 0.25) is 0 Å². The average molecular weight is 364 g/mol. The summed E-state index contributed by atoms with van der Waals surface area (Å²) in [6.07, 6.45) is 5.35. The van der Waals surface area contributed by atoms with E-state index in [1.54, 1.807) is 7.11 Å². The lowest BCUT2D eigenvalue weighted by atomic mass is 9.95. The molecule has 0 aliphatic heterocycles. The van der Waals surface area contributed by atoms with Crippen molar-refractivity contribution in [1.29, 1.82) is 0 Å². The molecule has 1 nitrogen and oxygen atoms in total. The summed E-state index contributed by atoms with van der Waals surface area (Å²) < 4.78 is 5.71. The molecule has 0 fully saturated rings. The van der Waals surface area contributed by atoms with E-state index in [1.807, 2.05) is 6.07 Å². The second kappa shape index (κ2) is 8.69. The molecule has 4 rings (SSSR count). The molecule has 1 heteroatoms. The van der Waals surface area contributed by atoms with E-state index < -0.39 is 0 Å². The third-order valence-corrected chi connectivity index (χ3v) is 5.11. The maximum Gasteiger partial charge on any atom is 0.0855 e. The Balaban J connectivity index is 1.68. The molecular weight excluding hydrogens is 340 g/mol. The summed E-state index contributed by atoms with van der Waals surface area (Å²) in [5, 5.41) is 2.52. The molecule has 0 aliphatic carbocycles. The fourth-order valence-electron chi connectivity index (χ4n) is 3.62. The van der Waals surface area contributed by atoms with Crippen LogP contribution in [0.4, 0.5) is 0 Å². The van der Waals surface area contributed by atoms with E-state index in [-0.39, 0.29) is 6.10 Å². The second-order valence-corrected chi connectivity index (χ2v) is 6.93. The molecule has 4 aromatic rings. The molecule has 0 bridgehead atoms. The van der Waals surface area contributed by atoms with Crippen LogP contribution in [0.5, 0.6) is 0 Å². The van der Waals surface area contributed by atoms with E-state index in [2.05, 4.69) is 103 Å². The lowest BCUT2D eigenvalue weighted by Gasteiger charge is -2.14. The number of benzene rings is 4. The molecule has 0 radical (unpaired) electrons. The Morgan fingerprint density at radius 3 is 2.04 bits per heavy atom. The molecule has 0 amide bonds. The first-order valence-corrected chi connectivity index (χ1v) is 9.67. The van der Waals surface area contributed by atoms with Gasteiger partial charge in [-0.05, 0) is 51.6 Å². The van der Waals surface area contributed by atoms with Gasteiger partial charge in [-0.15, -0.1) is 0 Å². The highest BCUT2D eigenvalue weighted by molar-refractivity contribution is 5.92. The third-order valence-electron chi connectivity index (χ3n) is 5.11. The molecule has 0 heterocycles. The molecule has 4 aromatic carbocycles. The minimum Gasteiger partial charge on any atom is -0.376 e. The predicted molar refractivity (Wildman–Crippen MR) is 119 cm³/mol. The maximum absolute atomic E-state index is 5.71. The van der Waals surface area contributed by atoms with Crippen LogP contribution in [0.15, 0.2) is 103 Å². The predicted octanol–water partition coefficient (Wildman–Crippen LogP) is 7.30. The first-order valence-electron chi connectivity index (χ1n) is 9.67. The van der Waals surface area contributed by atoms with Crippen LogP contribution in [0.1, 0.15) is 23.7 Å². The van der Waals surface area contributed by atoms with Gasteiger partial charge in [-0.25, -0.2) is 0 Å². The minimum absolute atomic E-state index is 0.0677. The standard InChI is InChI=1S/C27H24O/c1-28-27(22-13-6-3-7-14-22)18-10-17-25-19-23-15-8-9-16-24(23)20-26(25)21-11-4-2-5-12-21/h2-17,19-20,27H,18H2,1H3/b17-10+. The van der Waals surface area contributed by atoms with Crippen molar-refractivity contribution in [2.75, 3.05) is 7.11 Å². The molecule has 0 aliphatic rings. The van der Waals surface area contributed by atoms with Crippen molar-refractivity contribution in [3.05, 3.63) is 114 Å². The smallest absolute Gasteiger partial charge is 0.0855 e. The molecule has 0 spiro atoms. The average Bonchev–Trinajstić information content (AvgIpc) is 2.77. The van der Waals surface area contributed by atoms with Gasteiger partial charge in [0, 0.05) is 7.11 Å². The monoisotopic (exact) mass is 364 g/mol. The summed E-state index contributed by atoms with van der Waals surface area (Å²) in [5.41, 5.74) is 4.92. The van der Waals surface area contributed by atoms with Crippen LogP contribution in [0, 0.1) is 0 Å².